The zero-order valence-corrected chi connectivity index (χ0v) is 9.76. The quantitative estimate of drug-likeness (QED) is 0.831. The second kappa shape index (κ2) is 5.47. The molecule has 1 unspecified atom stereocenters. The molecule has 0 fully saturated rings. The third kappa shape index (κ3) is 2.93. The third-order valence-corrected chi connectivity index (χ3v) is 3.01. The van der Waals surface area contributed by atoms with Gasteiger partial charge < -0.3 is 5.11 Å². The van der Waals surface area contributed by atoms with Gasteiger partial charge in [-0.15, -0.1) is 0 Å². The molecule has 0 aliphatic rings. The minimum Gasteiger partial charge on any atom is -0.388 e. The summed E-state index contributed by atoms with van der Waals surface area (Å²) in [5.74, 6) is -0.309. The maximum absolute atomic E-state index is 13.4. The number of hydrogen-bond donors (Lipinski definition) is 1. The first-order valence-corrected chi connectivity index (χ1v) is 5.60. The molecule has 1 aromatic carbocycles. The molecule has 0 saturated carbocycles. The minimum absolute atomic E-state index is 0.0815. The van der Waals surface area contributed by atoms with Gasteiger partial charge in [0.25, 0.3) is 0 Å². The van der Waals surface area contributed by atoms with Crippen molar-refractivity contribution in [1.29, 1.82) is 0 Å². The molecule has 0 spiro atoms. The van der Waals surface area contributed by atoms with Gasteiger partial charge in [-0.25, -0.2) is 4.39 Å². The Labute approximate surface area is 94.9 Å². The summed E-state index contributed by atoms with van der Waals surface area (Å²) in [4.78, 5) is 0. The van der Waals surface area contributed by atoms with Crippen LogP contribution < -0.4 is 0 Å². The molecule has 0 aliphatic heterocycles. The largest absolute Gasteiger partial charge is 0.388 e. The lowest BCUT2D eigenvalue weighted by molar-refractivity contribution is 0.0996. The van der Waals surface area contributed by atoms with Crippen molar-refractivity contribution in [3.63, 3.8) is 0 Å². The van der Waals surface area contributed by atoms with E-state index in [4.69, 9.17) is 11.6 Å². The van der Waals surface area contributed by atoms with E-state index in [2.05, 4.69) is 0 Å². The van der Waals surface area contributed by atoms with Crippen molar-refractivity contribution in [2.24, 2.45) is 5.92 Å². The molecule has 0 amide bonds. The molecule has 1 rings (SSSR count). The van der Waals surface area contributed by atoms with Gasteiger partial charge in [0, 0.05) is 10.6 Å². The van der Waals surface area contributed by atoms with Gasteiger partial charge >= 0.3 is 0 Å². The number of aliphatic hydroxyl groups is 1. The van der Waals surface area contributed by atoms with Gasteiger partial charge in [-0.05, 0) is 24.1 Å². The molecule has 0 aliphatic carbocycles. The van der Waals surface area contributed by atoms with Crippen molar-refractivity contribution in [1.82, 2.24) is 0 Å². The third-order valence-electron chi connectivity index (χ3n) is 2.77. The van der Waals surface area contributed by atoms with Gasteiger partial charge in [-0.2, -0.15) is 0 Å². The average molecular weight is 231 g/mol. The topological polar surface area (TPSA) is 20.2 Å². The van der Waals surface area contributed by atoms with Crippen molar-refractivity contribution in [2.75, 3.05) is 0 Å². The van der Waals surface area contributed by atoms with E-state index in [1.807, 2.05) is 13.8 Å². The molecule has 0 aromatic heterocycles. The number of rotatable bonds is 4. The molecular formula is C12H16ClFO. The van der Waals surface area contributed by atoms with E-state index in [9.17, 15) is 9.50 Å². The predicted molar refractivity (Wildman–Crippen MR) is 60.4 cm³/mol. The highest BCUT2D eigenvalue weighted by molar-refractivity contribution is 6.30. The first-order chi connectivity index (χ1) is 7.10. The molecule has 1 nitrogen and oxygen atoms in total. The van der Waals surface area contributed by atoms with Gasteiger partial charge in [0.1, 0.15) is 5.82 Å². The first-order valence-electron chi connectivity index (χ1n) is 5.23. The standard InChI is InChI=1S/C12H16ClFO/c1-3-8(4-2)12(15)10-7-9(13)5-6-11(10)14/h5-8,12,15H,3-4H2,1-2H3. The number of hydrogen-bond acceptors (Lipinski definition) is 1. The summed E-state index contributed by atoms with van der Waals surface area (Å²) in [6, 6.07) is 4.28. The molecule has 1 atom stereocenters. The number of halogens is 2. The molecule has 1 aromatic rings. The average Bonchev–Trinajstić information content (AvgIpc) is 2.23. The van der Waals surface area contributed by atoms with Crippen LogP contribution in [0.1, 0.15) is 38.4 Å². The Hall–Kier alpha value is -0.600. The second-order valence-corrected chi connectivity index (χ2v) is 4.12. The van der Waals surface area contributed by atoms with Crippen LogP contribution in [-0.4, -0.2) is 5.11 Å². The zero-order chi connectivity index (χ0) is 11.4. The Morgan fingerprint density at radius 2 is 1.93 bits per heavy atom. The summed E-state index contributed by atoms with van der Waals surface area (Å²) in [6.45, 7) is 3.97. The van der Waals surface area contributed by atoms with Crippen LogP contribution in [0.25, 0.3) is 0 Å². The summed E-state index contributed by atoms with van der Waals surface area (Å²) >= 11 is 5.77. The number of benzene rings is 1. The van der Waals surface area contributed by atoms with Crippen molar-refractivity contribution >= 4 is 11.6 Å². The molecule has 84 valence electrons. The van der Waals surface area contributed by atoms with Crippen LogP contribution in [0.4, 0.5) is 4.39 Å². The Balaban J connectivity index is 2.98. The SMILES string of the molecule is CCC(CC)C(O)c1cc(Cl)ccc1F. The number of aliphatic hydroxyl groups excluding tert-OH is 1. The first kappa shape index (κ1) is 12.5. The van der Waals surface area contributed by atoms with E-state index >= 15 is 0 Å². The lowest BCUT2D eigenvalue weighted by atomic mass is 9.91. The fraction of sp³-hybridized carbons (Fsp3) is 0.500. The van der Waals surface area contributed by atoms with Crippen LogP contribution in [0, 0.1) is 11.7 Å². The van der Waals surface area contributed by atoms with E-state index in [1.54, 1.807) is 0 Å². The fourth-order valence-electron chi connectivity index (χ4n) is 1.73. The molecule has 0 bridgehead atoms. The maximum atomic E-state index is 13.4. The van der Waals surface area contributed by atoms with Crippen LogP contribution in [0.15, 0.2) is 18.2 Å². The smallest absolute Gasteiger partial charge is 0.129 e. The van der Waals surface area contributed by atoms with E-state index in [-0.39, 0.29) is 11.7 Å². The van der Waals surface area contributed by atoms with Crippen LogP contribution in [0.5, 0.6) is 0 Å². The van der Waals surface area contributed by atoms with Gasteiger partial charge in [0.15, 0.2) is 0 Å². The molecule has 0 heterocycles. The summed E-state index contributed by atoms with van der Waals surface area (Å²) in [6.07, 6.45) is 0.881. The molecule has 15 heavy (non-hydrogen) atoms. The van der Waals surface area contributed by atoms with Crippen LogP contribution in [0.3, 0.4) is 0 Å². The Kier molecular flexibility index (Phi) is 4.55. The maximum Gasteiger partial charge on any atom is 0.129 e. The Morgan fingerprint density at radius 1 is 1.33 bits per heavy atom. The van der Waals surface area contributed by atoms with Gasteiger partial charge in [-0.1, -0.05) is 38.3 Å². The highest BCUT2D eigenvalue weighted by atomic mass is 35.5. The zero-order valence-electron chi connectivity index (χ0n) is 9.00. The fourth-order valence-corrected chi connectivity index (χ4v) is 1.91. The van der Waals surface area contributed by atoms with Gasteiger partial charge in [-0.3, -0.25) is 0 Å². The minimum atomic E-state index is -0.765. The normalized spacial score (nSPS) is 13.2. The van der Waals surface area contributed by atoms with E-state index < -0.39 is 6.10 Å². The van der Waals surface area contributed by atoms with Crippen molar-refractivity contribution in [2.45, 2.75) is 32.8 Å². The molecule has 3 heteroatoms. The molecule has 1 N–H and O–H groups in total. The monoisotopic (exact) mass is 230 g/mol. The van der Waals surface area contributed by atoms with Crippen molar-refractivity contribution in [3.8, 4) is 0 Å². The molecular weight excluding hydrogens is 215 g/mol. The van der Waals surface area contributed by atoms with Crippen molar-refractivity contribution < 1.29 is 9.50 Å². The van der Waals surface area contributed by atoms with Crippen LogP contribution in [0.2, 0.25) is 5.02 Å². The summed E-state index contributed by atoms with van der Waals surface area (Å²) in [5, 5.41) is 10.4. The van der Waals surface area contributed by atoms with E-state index in [0.717, 1.165) is 12.8 Å². The molecule has 0 radical (unpaired) electrons. The molecule has 0 saturated heterocycles. The van der Waals surface area contributed by atoms with Gasteiger partial charge in [0.05, 0.1) is 6.10 Å². The van der Waals surface area contributed by atoms with E-state index in [0.29, 0.717) is 10.6 Å². The van der Waals surface area contributed by atoms with Crippen molar-refractivity contribution in [3.05, 3.63) is 34.6 Å². The summed E-state index contributed by atoms with van der Waals surface area (Å²) < 4.78 is 13.4. The van der Waals surface area contributed by atoms with Gasteiger partial charge in [0.2, 0.25) is 0 Å². The lowest BCUT2D eigenvalue weighted by Gasteiger charge is -2.20. The second-order valence-electron chi connectivity index (χ2n) is 3.69. The Bertz CT molecular complexity index is 323. The Morgan fingerprint density at radius 3 is 2.47 bits per heavy atom. The summed E-state index contributed by atoms with van der Waals surface area (Å²) in [7, 11) is 0. The lowest BCUT2D eigenvalue weighted by Crippen LogP contribution is -2.12. The van der Waals surface area contributed by atoms with Crippen LogP contribution >= 0.6 is 11.6 Å². The van der Waals surface area contributed by atoms with Crippen LogP contribution in [-0.2, 0) is 0 Å². The predicted octanol–water partition coefficient (Wildman–Crippen LogP) is 3.95. The summed E-state index contributed by atoms with van der Waals surface area (Å²) in [5.41, 5.74) is 0.302. The highest BCUT2D eigenvalue weighted by Gasteiger charge is 2.20. The highest BCUT2D eigenvalue weighted by Crippen LogP contribution is 2.30. The van der Waals surface area contributed by atoms with E-state index in [1.165, 1.54) is 18.2 Å².